The molecule has 5 nitrogen and oxygen atoms in total. The number of benzene rings is 1. The number of nitrogens with one attached hydrogen (secondary N) is 1. The number of amides is 1. The maximum Gasteiger partial charge on any atom is 0.328 e. The molecule has 0 aromatic heterocycles. The van der Waals surface area contributed by atoms with Crippen LogP contribution in [0.5, 0.6) is 0 Å². The van der Waals surface area contributed by atoms with Gasteiger partial charge in [0, 0.05) is 11.3 Å². The quantitative estimate of drug-likeness (QED) is 0.588. The van der Waals surface area contributed by atoms with Crippen molar-refractivity contribution < 1.29 is 19.4 Å². The summed E-state index contributed by atoms with van der Waals surface area (Å²) in [4.78, 5) is 23.9. The first kappa shape index (κ1) is 11.6. The lowest BCUT2D eigenvalue weighted by Gasteiger charge is -2.22. The summed E-state index contributed by atoms with van der Waals surface area (Å²) in [5.74, 6) is -1.26. The predicted octanol–water partition coefficient (Wildman–Crippen LogP) is 0.432. The van der Waals surface area contributed by atoms with E-state index >= 15 is 0 Å². The molecule has 90 valence electrons. The Bertz CT molecular complexity index is 471. The molecule has 0 aliphatic carbocycles. The summed E-state index contributed by atoms with van der Waals surface area (Å²) in [6.45, 7) is 1.21. The van der Waals surface area contributed by atoms with Crippen LogP contribution in [0, 0.1) is 0 Å². The summed E-state index contributed by atoms with van der Waals surface area (Å²) < 4.78 is 4.89. The SMILES string of the molecule is CCOC(=O)[C@@]1(CO)C(=O)Nc2ccccc21. The second-order valence-corrected chi connectivity index (χ2v) is 3.78. The van der Waals surface area contributed by atoms with E-state index in [1.807, 2.05) is 0 Å². The van der Waals surface area contributed by atoms with Gasteiger partial charge in [-0.2, -0.15) is 0 Å². The van der Waals surface area contributed by atoms with Crippen LogP contribution in [-0.4, -0.2) is 30.2 Å². The number of ether oxygens (including phenoxy) is 1. The van der Waals surface area contributed by atoms with Crippen LogP contribution in [0.4, 0.5) is 5.69 Å². The van der Waals surface area contributed by atoms with E-state index in [-0.39, 0.29) is 6.61 Å². The van der Waals surface area contributed by atoms with Crippen molar-refractivity contribution in [1.29, 1.82) is 0 Å². The number of aliphatic hydroxyl groups is 1. The van der Waals surface area contributed by atoms with E-state index in [1.54, 1.807) is 31.2 Å². The van der Waals surface area contributed by atoms with Gasteiger partial charge < -0.3 is 15.2 Å². The second kappa shape index (κ2) is 4.18. The van der Waals surface area contributed by atoms with E-state index in [4.69, 9.17) is 4.74 Å². The van der Waals surface area contributed by atoms with Crippen molar-refractivity contribution in [3.8, 4) is 0 Å². The minimum atomic E-state index is -1.62. The molecule has 0 saturated heterocycles. The van der Waals surface area contributed by atoms with E-state index in [1.165, 1.54) is 0 Å². The van der Waals surface area contributed by atoms with Crippen molar-refractivity contribution in [2.24, 2.45) is 0 Å². The Morgan fingerprint density at radius 3 is 2.82 bits per heavy atom. The monoisotopic (exact) mass is 235 g/mol. The molecule has 0 radical (unpaired) electrons. The first-order valence-corrected chi connectivity index (χ1v) is 5.36. The highest BCUT2D eigenvalue weighted by Gasteiger charge is 2.54. The van der Waals surface area contributed by atoms with Crippen LogP contribution in [-0.2, 0) is 19.7 Å². The lowest BCUT2D eigenvalue weighted by atomic mass is 9.82. The van der Waals surface area contributed by atoms with Crippen molar-refractivity contribution in [2.75, 3.05) is 18.5 Å². The summed E-state index contributed by atoms with van der Waals surface area (Å²) >= 11 is 0. The predicted molar refractivity (Wildman–Crippen MR) is 60.5 cm³/mol. The van der Waals surface area contributed by atoms with Gasteiger partial charge in [-0.15, -0.1) is 0 Å². The molecule has 0 fully saturated rings. The van der Waals surface area contributed by atoms with Crippen LogP contribution in [0.3, 0.4) is 0 Å². The Labute approximate surface area is 98.4 Å². The number of para-hydroxylation sites is 1. The first-order valence-electron chi connectivity index (χ1n) is 5.36. The minimum Gasteiger partial charge on any atom is -0.465 e. The number of carbonyl (C=O) groups excluding carboxylic acids is 2. The minimum absolute atomic E-state index is 0.163. The van der Waals surface area contributed by atoms with Crippen LogP contribution < -0.4 is 5.32 Å². The lowest BCUT2D eigenvalue weighted by molar-refractivity contribution is -0.154. The number of hydrogen-bond donors (Lipinski definition) is 2. The van der Waals surface area contributed by atoms with Crippen molar-refractivity contribution in [1.82, 2.24) is 0 Å². The highest BCUT2D eigenvalue weighted by atomic mass is 16.5. The Kier molecular flexibility index (Phi) is 2.85. The topological polar surface area (TPSA) is 75.6 Å². The number of anilines is 1. The number of aliphatic hydroxyl groups excluding tert-OH is 1. The Morgan fingerprint density at radius 1 is 1.47 bits per heavy atom. The number of fused-ring (bicyclic) bond motifs is 1. The molecular weight excluding hydrogens is 222 g/mol. The molecule has 17 heavy (non-hydrogen) atoms. The Morgan fingerprint density at radius 2 is 2.18 bits per heavy atom. The van der Waals surface area contributed by atoms with Crippen LogP contribution in [0.2, 0.25) is 0 Å². The average Bonchev–Trinajstić information content (AvgIpc) is 2.62. The molecule has 1 aromatic rings. The lowest BCUT2D eigenvalue weighted by Crippen LogP contribution is -2.46. The summed E-state index contributed by atoms with van der Waals surface area (Å²) in [6.07, 6.45) is 0. The smallest absolute Gasteiger partial charge is 0.328 e. The molecule has 5 heteroatoms. The number of carbonyl (C=O) groups is 2. The third-order valence-electron chi connectivity index (χ3n) is 2.88. The molecule has 0 bridgehead atoms. The molecule has 0 spiro atoms. The standard InChI is InChI=1S/C12H13NO4/c1-2-17-11(16)12(7-14)8-5-3-4-6-9(8)13-10(12)15/h3-6,14H,2,7H2,1H3,(H,13,15)/t12-/m1/s1. The van der Waals surface area contributed by atoms with Gasteiger partial charge in [-0.3, -0.25) is 9.59 Å². The summed E-state index contributed by atoms with van der Waals surface area (Å²) in [7, 11) is 0. The molecule has 1 atom stereocenters. The molecule has 0 unspecified atom stereocenters. The number of rotatable bonds is 3. The Hall–Kier alpha value is -1.88. The van der Waals surface area contributed by atoms with Crippen molar-refractivity contribution >= 4 is 17.6 Å². The molecule has 2 rings (SSSR count). The van der Waals surface area contributed by atoms with E-state index in [2.05, 4.69) is 5.32 Å². The normalized spacial score (nSPS) is 21.9. The molecule has 1 amide bonds. The molecule has 1 aliphatic heterocycles. The van der Waals surface area contributed by atoms with Crippen molar-refractivity contribution in [2.45, 2.75) is 12.3 Å². The van der Waals surface area contributed by atoms with Gasteiger partial charge in [0.2, 0.25) is 5.91 Å². The molecule has 1 aromatic carbocycles. The van der Waals surface area contributed by atoms with Crippen molar-refractivity contribution in [3.63, 3.8) is 0 Å². The summed E-state index contributed by atoms with van der Waals surface area (Å²) in [5.41, 5.74) is -0.613. The van der Waals surface area contributed by atoms with E-state index in [9.17, 15) is 14.7 Å². The van der Waals surface area contributed by atoms with Gasteiger partial charge in [-0.1, -0.05) is 18.2 Å². The molecule has 1 aliphatic rings. The van der Waals surface area contributed by atoms with E-state index in [0.717, 1.165) is 0 Å². The first-order chi connectivity index (χ1) is 8.16. The molecule has 0 saturated carbocycles. The van der Waals surface area contributed by atoms with Gasteiger partial charge in [-0.05, 0) is 13.0 Å². The Balaban J connectivity index is 2.54. The average molecular weight is 235 g/mol. The van der Waals surface area contributed by atoms with Crippen LogP contribution >= 0.6 is 0 Å². The van der Waals surface area contributed by atoms with Gasteiger partial charge in [0.25, 0.3) is 0 Å². The zero-order chi connectivity index (χ0) is 12.5. The molecule has 1 heterocycles. The maximum absolute atomic E-state index is 11.9. The largest absolute Gasteiger partial charge is 0.465 e. The maximum atomic E-state index is 11.9. The van der Waals surface area contributed by atoms with Gasteiger partial charge in [0.15, 0.2) is 5.41 Å². The highest BCUT2D eigenvalue weighted by Crippen LogP contribution is 2.38. The van der Waals surface area contributed by atoms with Crippen molar-refractivity contribution in [3.05, 3.63) is 29.8 Å². The molecule has 2 N–H and O–H groups in total. The van der Waals surface area contributed by atoms with Crippen LogP contribution in [0.25, 0.3) is 0 Å². The zero-order valence-corrected chi connectivity index (χ0v) is 9.40. The third-order valence-corrected chi connectivity index (χ3v) is 2.88. The second-order valence-electron chi connectivity index (χ2n) is 3.78. The fourth-order valence-corrected chi connectivity index (χ4v) is 1.99. The number of esters is 1. The van der Waals surface area contributed by atoms with E-state index < -0.39 is 23.9 Å². The van der Waals surface area contributed by atoms with Gasteiger partial charge in [-0.25, -0.2) is 0 Å². The number of hydrogen-bond acceptors (Lipinski definition) is 4. The van der Waals surface area contributed by atoms with Gasteiger partial charge in [0.05, 0.1) is 13.2 Å². The molecular formula is C12H13NO4. The fraction of sp³-hybridized carbons (Fsp3) is 0.333. The third kappa shape index (κ3) is 1.51. The highest BCUT2D eigenvalue weighted by molar-refractivity contribution is 6.19. The fourth-order valence-electron chi connectivity index (χ4n) is 1.99. The van der Waals surface area contributed by atoms with Gasteiger partial charge in [0.1, 0.15) is 0 Å². The summed E-state index contributed by atoms with van der Waals surface area (Å²) in [5, 5.41) is 12.0. The van der Waals surface area contributed by atoms with E-state index in [0.29, 0.717) is 11.3 Å². The van der Waals surface area contributed by atoms with Crippen LogP contribution in [0.15, 0.2) is 24.3 Å². The summed E-state index contributed by atoms with van der Waals surface area (Å²) in [6, 6.07) is 6.78. The van der Waals surface area contributed by atoms with Gasteiger partial charge >= 0.3 is 5.97 Å². The zero-order valence-electron chi connectivity index (χ0n) is 9.40. The van der Waals surface area contributed by atoms with Crippen LogP contribution in [0.1, 0.15) is 12.5 Å².